The fourth-order valence-corrected chi connectivity index (χ4v) is 2.76. The van der Waals surface area contributed by atoms with E-state index in [0.29, 0.717) is 19.3 Å². The van der Waals surface area contributed by atoms with E-state index in [1.165, 1.54) is 18.2 Å². The van der Waals surface area contributed by atoms with Crippen molar-refractivity contribution in [2.75, 3.05) is 0 Å². The van der Waals surface area contributed by atoms with Crippen molar-refractivity contribution in [1.82, 2.24) is 10.5 Å². The number of ether oxygens (including phenoxy) is 1. The van der Waals surface area contributed by atoms with Gasteiger partial charge >= 0.3 is 0 Å². The van der Waals surface area contributed by atoms with Gasteiger partial charge in [0.05, 0.1) is 18.2 Å². The average Bonchev–Trinajstić information content (AvgIpc) is 3.07. The SMILES string of the molecule is O=C(N[C@@H]1CCC[C@@H](O)[C@@H]1O)c1cc(COc2ccccc2F)on1. The molecule has 0 radical (unpaired) electrons. The maximum atomic E-state index is 13.5. The number of benzene rings is 1. The Kier molecular flexibility index (Phi) is 5.30. The summed E-state index contributed by atoms with van der Waals surface area (Å²) in [7, 11) is 0. The number of nitrogens with zero attached hydrogens (tertiary/aromatic N) is 1. The molecule has 2 aromatic rings. The summed E-state index contributed by atoms with van der Waals surface area (Å²) in [5.74, 6) is -0.675. The second-order valence-corrected chi connectivity index (χ2v) is 5.97. The molecule has 3 rings (SSSR count). The van der Waals surface area contributed by atoms with Crippen LogP contribution in [0.3, 0.4) is 0 Å². The Morgan fingerprint density at radius 1 is 1.36 bits per heavy atom. The lowest BCUT2D eigenvalue weighted by Crippen LogP contribution is -2.51. The predicted molar refractivity (Wildman–Crippen MR) is 84.4 cm³/mol. The van der Waals surface area contributed by atoms with Gasteiger partial charge in [0, 0.05) is 6.07 Å². The Balaban J connectivity index is 1.57. The van der Waals surface area contributed by atoms with Crippen molar-refractivity contribution in [3.63, 3.8) is 0 Å². The minimum Gasteiger partial charge on any atom is -0.482 e. The Labute approximate surface area is 143 Å². The second-order valence-electron chi connectivity index (χ2n) is 5.97. The van der Waals surface area contributed by atoms with Crippen LogP contribution in [0.25, 0.3) is 0 Å². The third-order valence-corrected chi connectivity index (χ3v) is 4.14. The lowest BCUT2D eigenvalue weighted by Gasteiger charge is -2.31. The van der Waals surface area contributed by atoms with E-state index >= 15 is 0 Å². The molecule has 1 amide bonds. The molecule has 0 bridgehead atoms. The van der Waals surface area contributed by atoms with Crippen molar-refractivity contribution in [1.29, 1.82) is 0 Å². The highest BCUT2D eigenvalue weighted by Gasteiger charge is 2.32. The summed E-state index contributed by atoms with van der Waals surface area (Å²) in [5.41, 5.74) is 0.0272. The monoisotopic (exact) mass is 350 g/mol. The van der Waals surface area contributed by atoms with E-state index in [2.05, 4.69) is 10.5 Å². The minimum atomic E-state index is -1.01. The van der Waals surface area contributed by atoms with Crippen LogP contribution in [0.4, 0.5) is 4.39 Å². The number of halogens is 1. The van der Waals surface area contributed by atoms with E-state index in [4.69, 9.17) is 9.26 Å². The van der Waals surface area contributed by atoms with E-state index < -0.39 is 30.0 Å². The highest BCUT2D eigenvalue weighted by molar-refractivity contribution is 5.92. The fourth-order valence-electron chi connectivity index (χ4n) is 2.76. The molecule has 0 aliphatic heterocycles. The molecule has 1 aliphatic carbocycles. The molecular formula is C17H19FN2O5. The summed E-state index contributed by atoms with van der Waals surface area (Å²) in [6, 6.07) is 6.80. The van der Waals surface area contributed by atoms with Crippen LogP contribution in [0.5, 0.6) is 5.75 Å². The van der Waals surface area contributed by atoms with Gasteiger partial charge in [0.2, 0.25) is 0 Å². The van der Waals surface area contributed by atoms with Crippen molar-refractivity contribution in [2.24, 2.45) is 0 Å². The first-order valence-electron chi connectivity index (χ1n) is 8.04. The van der Waals surface area contributed by atoms with E-state index in [1.54, 1.807) is 12.1 Å². The predicted octanol–water partition coefficient (Wildman–Crippen LogP) is 1.40. The first-order valence-corrected chi connectivity index (χ1v) is 8.04. The van der Waals surface area contributed by atoms with Crippen molar-refractivity contribution in [2.45, 2.75) is 44.1 Å². The fraction of sp³-hybridized carbons (Fsp3) is 0.412. The standard InChI is InChI=1S/C17H19FN2O5/c18-11-4-1-2-7-15(11)24-9-10-8-13(20-25-10)17(23)19-12-5-3-6-14(21)16(12)22/h1-2,4,7-8,12,14,16,21-22H,3,5-6,9H2,(H,19,23)/t12-,14-,16-/m1/s1. The molecule has 8 heteroatoms. The van der Waals surface area contributed by atoms with Gasteiger partial charge in [0.25, 0.3) is 5.91 Å². The first kappa shape index (κ1) is 17.4. The average molecular weight is 350 g/mol. The highest BCUT2D eigenvalue weighted by atomic mass is 19.1. The normalized spacial score (nSPS) is 23.2. The summed E-state index contributed by atoms with van der Waals surface area (Å²) in [6.45, 7) is -0.0774. The van der Waals surface area contributed by atoms with Crippen molar-refractivity contribution in [3.05, 3.63) is 47.6 Å². The number of carbonyl (C=O) groups is 1. The molecule has 1 fully saturated rings. The molecule has 1 saturated carbocycles. The molecule has 134 valence electrons. The van der Waals surface area contributed by atoms with Crippen molar-refractivity contribution >= 4 is 5.91 Å². The molecular weight excluding hydrogens is 331 g/mol. The summed E-state index contributed by atoms with van der Waals surface area (Å²) in [5, 5.41) is 25.9. The number of aliphatic hydroxyl groups excluding tert-OH is 2. The smallest absolute Gasteiger partial charge is 0.273 e. The van der Waals surface area contributed by atoms with Gasteiger partial charge in [-0.1, -0.05) is 17.3 Å². The summed E-state index contributed by atoms with van der Waals surface area (Å²) in [4.78, 5) is 12.2. The number of rotatable bonds is 5. The van der Waals surface area contributed by atoms with E-state index in [0.717, 1.165) is 0 Å². The van der Waals surface area contributed by atoms with E-state index in [9.17, 15) is 19.4 Å². The number of carbonyl (C=O) groups excluding carboxylic acids is 1. The maximum absolute atomic E-state index is 13.5. The molecule has 0 saturated heterocycles. The zero-order valence-electron chi connectivity index (χ0n) is 13.4. The summed E-state index contributed by atoms with van der Waals surface area (Å²) < 4.78 is 23.8. The third-order valence-electron chi connectivity index (χ3n) is 4.14. The lowest BCUT2D eigenvalue weighted by atomic mass is 9.90. The molecule has 7 nitrogen and oxygen atoms in total. The molecule has 1 aliphatic rings. The molecule has 3 atom stereocenters. The van der Waals surface area contributed by atoms with E-state index in [1.807, 2.05) is 0 Å². The summed E-state index contributed by atoms with van der Waals surface area (Å²) >= 11 is 0. The topological polar surface area (TPSA) is 105 Å². The maximum Gasteiger partial charge on any atom is 0.273 e. The zero-order valence-corrected chi connectivity index (χ0v) is 13.4. The Bertz CT molecular complexity index is 735. The van der Waals surface area contributed by atoms with Crippen molar-refractivity contribution in [3.8, 4) is 5.75 Å². The van der Waals surface area contributed by atoms with Crippen LogP contribution in [-0.2, 0) is 6.61 Å². The van der Waals surface area contributed by atoms with Gasteiger partial charge in [-0.25, -0.2) is 4.39 Å². The Hall–Kier alpha value is -2.45. The van der Waals surface area contributed by atoms with Gasteiger partial charge in [-0.2, -0.15) is 0 Å². The number of aliphatic hydroxyl groups is 2. The molecule has 0 unspecified atom stereocenters. The number of amides is 1. The van der Waals surface area contributed by atoms with Crippen LogP contribution in [0.1, 0.15) is 35.5 Å². The number of hydrogen-bond donors (Lipinski definition) is 3. The first-order chi connectivity index (χ1) is 12.0. The second kappa shape index (κ2) is 7.62. The van der Waals surface area contributed by atoms with Gasteiger partial charge in [-0.3, -0.25) is 4.79 Å². The molecule has 25 heavy (non-hydrogen) atoms. The molecule has 3 N–H and O–H groups in total. The minimum absolute atomic E-state index is 0.0272. The zero-order chi connectivity index (χ0) is 17.8. The Morgan fingerprint density at radius 2 is 2.16 bits per heavy atom. The van der Waals surface area contributed by atoms with Crippen LogP contribution >= 0.6 is 0 Å². The van der Waals surface area contributed by atoms with Crippen LogP contribution in [0.15, 0.2) is 34.9 Å². The summed E-state index contributed by atoms with van der Waals surface area (Å²) in [6.07, 6.45) is -0.0568. The van der Waals surface area contributed by atoms with Gasteiger partial charge in [0.15, 0.2) is 23.0 Å². The highest BCUT2D eigenvalue weighted by Crippen LogP contribution is 2.20. The number of hydrogen-bond acceptors (Lipinski definition) is 6. The van der Waals surface area contributed by atoms with Crippen LogP contribution in [0, 0.1) is 5.82 Å². The molecule has 0 spiro atoms. The van der Waals surface area contributed by atoms with Gasteiger partial charge in [0.1, 0.15) is 6.61 Å². The van der Waals surface area contributed by atoms with Gasteiger partial charge in [-0.15, -0.1) is 0 Å². The number of aromatic nitrogens is 1. The van der Waals surface area contributed by atoms with E-state index in [-0.39, 0.29) is 23.8 Å². The quantitative estimate of drug-likeness (QED) is 0.753. The molecule has 1 heterocycles. The van der Waals surface area contributed by atoms with Crippen molar-refractivity contribution < 1.29 is 28.7 Å². The Morgan fingerprint density at radius 3 is 2.96 bits per heavy atom. The molecule has 1 aromatic heterocycles. The molecule has 1 aromatic carbocycles. The lowest BCUT2D eigenvalue weighted by molar-refractivity contribution is -0.0278. The van der Waals surface area contributed by atoms with Gasteiger partial charge < -0.3 is 24.8 Å². The van der Waals surface area contributed by atoms with Crippen LogP contribution in [-0.4, -0.2) is 39.5 Å². The largest absolute Gasteiger partial charge is 0.482 e. The van der Waals surface area contributed by atoms with Gasteiger partial charge in [-0.05, 0) is 31.4 Å². The number of nitrogens with one attached hydrogen (secondary N) is 1. The van der Waals surface area contributed by atoms with Crippen LogP contribution in [0.2, 0.25) is 0 Å². The van der Waals surface area contributed by atoms with Crippen LogP contribution < -0.4 is 10.1 Å². The number of para-hydroxylation sites is 1. The third kappa shape index (κ3) is 4.15.